The van der Waals surface area contributed by atoms with Crippen molar-refractivity contribution < 1.29 is 13.2 Å². The lowest BCUT2D eigenvalue weighted by Gasteiger charge is -2.00. The molecule has 0 saturated carbocycles. The Labute approximate surface area is 83.6 Å². The van der Waals surface area contributed by atoms with Crippen LogP contribution in [0.2, 0.25) is 0 Å². The first-order chi connectivity index (χ1) is 6.51. The van der Waals surface area contributed by atoms with Crippen LogP contribution < -0.4 is 0 Å². The van der Waals surface area contributed by atoms with Crippen LogP contribution in [0.3, 0.4) is 0 Å². The number of hydrogen-bond acceptors (Lipinski definition) is 3. The minimum Gasteiger partial charge on any atom is -0.352 e. The van der Waals surface area contributed by atoms with Crippen LogP contribution >= 0.6 is 0 Å². The van der Waals surface area contributed by atoms with Crippen LogP contribution in [0.5, 0.6) is 0 Å². The second kappa shape index (κ2) is 3.07. The van der Waals surface area contributed by atoms with Gasteiger partial charge in [0.2, 0.25) is 9.84 Å². The largest absolute Gasteiger partial charge is 0.352 e. The predicted octanol–water partition coefficient (Wildman–Crippen LogP) is 1.51. The molecule has 1 aromatic carbocycles. The van der Waals surface area contributed by atoms with Crippen LogP contribution in [0, 0.1) is 6.92 Å². The van der Waals surface area contributed by atoms with Crippen molar-refractivity contribution in [3.05, 3.63) is 29.8 Å². The summed E-state index contributed by atoms with van der Waals surface area (Å²) in [6.07, 6.45) is -0.165. The van der Waals surface area contributed by atoms with Crippen molar-refractivity contribution >= 4 is 9.84 Å². The summed E-state index contributed by atoms with van der Waals surface area (Å²) >= 11 is 0. The molecule has 3 nitrogen and oxygen atoms in total. The third-order valence-electron chi connectivity index (χ3n) is 2.31. The molecule has 1 heterocycles. The van der Waals surface area contributed by atoms with Crippen molar-refractivity contribution in [3.63, 3.8) is 0 Å². The van der Waals surface area contributed by atoms with Gasteiger partial charge >= 0.3 is 0 Å². The Hall–Kier alpha value is -0.870. The summed E-state index contributed by atoms with van der Waals surface area (Å²) < 4.78 is 28.6. The van der Waals surface area contributed by atoms with Gasteiger partial charge in [0.1, 0.15) is 0 Å². The van der Waals surface area contributed by atoms with Crippen molar-refractivity contribution in [2.75, 3.05) is 0 Å². The first kappa shape index (κ1) is 9.68. The molecule has 2 atom stereocenters. The van der Waals surface area contributed by atoms with Crippen LogP contribution in [0.4, 0.5) is 0 Å². The monoisotopic (exact) mass is 212 g/mol. The fraction of sp³-hybridized carbons (Fsp3) is 0.400. The summed E-state index contributed by atoms with van der Waals surface area (Å²) in [5, 5.41) is 0. The molecule has 0 aromatic heterocycles. The van der Waals surface area contributed by atoms with Crippen LogP contribution in [0.25, 0.3) is 0 Å². The van der Waals surface area contributed by atoms with Crippen LogP contribution in [-0.2, 0) is 14.6 Å². The van der Waals surface area contributed by atoms with E-state index in [2.05, 4.69) is 0 Å². The van der Waals surface area contributed by atoms with E-state index < -0.39 is 15.3 Å². The molecule has 0 spiro atoms. The molecule has 1 saturated heterocycles. The molecular weight excluding hydrogens is 200 g/mol. The lowest BCUT2D eigenvalue weighted by Crippen LogP contribution is -2.10. The molecule has 1 aliphatic rings. The zero-order chi connectivity index (χ0) is 10.3. The first-order valence-corrected chi connectivity index (χ1v) is 6.02. The summed E-state index contributed by atoms with van der Waals surface area (Å²) in [5.41, 5.74) is 0.416. The molecule has 76 valence electrons. The van der Waals surface area contributed by atoms with Gasteiger partial charge in [-0.3, -0.25) is 0 Å². The molecule has 1 aliphatic heterocycles. The summed E-state index contributed by atoms with van der Waals surface area (Å²) in [6.45, 7) is 3.68. The molecule has 0 aliphatic carbocycles. The third-order valence-corrected chi connectivity index (χ3v) is 4.35. The quantitative estimate of drug-likeness (QED) is 0.698. The van der Waals surface area contributed by atoms with Crippen molar-refractivity contribution in [3.8, 4) is 0 Å². The van der Waals surface area contributed by atoms with Gasteiger partial charge in [0.25, 0.3) is 0 Å². The lowest BCUT2D eigenvalue weighted by atomic mass is 10.2. The van der Waals surface area contributed by atoms with Gasteiger partial charge in [0, 0.05) is 0 Å². The first-order valence-electron chi connectivity index (χ1n) is 4.48. The van der Waals surface area contributed by atoms with E-state index in [1.54, 1.807) is 31.2 Å². The number of rotatable bonds is 2. The fourth-order valence-electron chi connectivity index (χ4n) is 1.35. The lowest BCUT2D eigenvalue weighted by molar-refractivity contribution is 0.405. The average Bonchev–Trinajstić information content (AvgIpc) is 2.84. The third kappa shape index (κ3) is 1.55. The smallest absolute Gasteiger partial charge is 0.207 e. The van der Waals surface area contributed by atoms with Crippen molar-refractivity contribution in [2.45, 2.75) is 30.3 Å². The minimum atomic E-state index is -3.25. The maximum atomic E-state index is 11.8. The molecule has 1 fully saturated rings. The number of sulfone groups is 1. The summed E-state index contributed by atoms with van der Waals surface area (Å²) in [6, 6.07) is 6.83. The van der Waals surface area contributed by atoms with Gasteiger partial charge in [0.15, 0.2) is 5.44 Å². The van der Waals surface area contributed by atoms with E-state index in [1.807, 2.05) is 6.92 Å². The Morgan fingerprint density at radius 2 is 1.71 bits per heavy atom. The van der Waals surface area contributed by atoms with Crippen molar-refractivity contribution in [2.24, 2.45) is 0 Å². The molecule has 0 amide bonds. The molecule has 14 heavy (non-hydrogen) atoms. The Kier molecular flexibility index (Phi) is 2.12. The van der Waals surface area contributed by atoms with E-state index in [0.717, 1.165) is 5.56 Å². The van der Waals surface area contributed by atoms with Gasteiger partial charge < -0.3 is 4.74 Å². The highest BCUT2D eigenvalue weighted by Gasteiger charge is 2.46. The fourth-order valence-corrected chi connectivity index (χ4v) is 2.96. The highest BCUT2D eigenvalue weighted by atomic mass is 32.2. The zero-order valence-electron chi connectivity index (χ0n) is 8.10. The molecule has 0 radical (unpaired) electrons. The number of hydrogen-bond donors (Lipinski definition) is 0. The number of epoxide rings is 1. The van der Waals surface area contributed by atoms with E-state index in [-0.39, 0.29) is 6.10 Å². The SMILES string of the molecule is Cc1ccc(S(=O)(=O)[C@@H]2O[C@H]2C)cc1. The maximum absolute atomic E-state index is 11.8. The maximum Gasteiger partial charge on any atom is 0.207 e. The molecule has 2 rings (SSSR count). The van der Waals surface area contributed by atoms with E-state index in [0.29, 0.717) is 4.90 Å². The molecule has 0 bridgehead atoms. The molecular formula is C10H12O3S. The number of aryl methyl sites for hydroxylation is 1. The van der Waals surface area contributed by atoms with E-state index >= 15 is 0 Å². The minimum absolute atomic E-state index is 0.165. The Balaban J connectivity index is 2.35. The molecule has 1 aromatic rings. The van der Waals surface area contributed by atoms with Gasteiger partial charge in [-0.05, 0) is 26.0 Å². The summed E-state index contributed by atoms with van der Waals surface area (Å²) in [4.78, 5) is 0.345. The highest BCUT2D eigenvalue weighted by molar-refractivity contribution is 7.92. The van der Waals surface area contributed by atoms with Gasteiger partial charge in [-0.15, -0.1) is 0 Å². The van der Waals surface area contributed by atoms with E-state index in [9.17, 15) is 8.42 Å². The number of benzene rings is 1. The molecule has 0 N–H and O–H groups in total. The Morgan fingerprint density at radius 3 is 2.14 bits per heavy atom. The van der Waals surface area contributed by atoms with E-state index in [4.69, 9.17) is 4.74 Å². The number of ether oxygens (including phenoxy) is 1. The molecule has 0 unspecified atom stereocenters. The standard InChI is InChI=1S/C10H12O3S/c1-7-3-5-9(6-4-7)14(11,12)10-8(2)13-10/h3-6,8,10H,1-2H3/t8-,10-/m0/s1. The van der Waals surface area contributed by atoms with Gasteiger partial charge in [0.05, 0.1) is 11.0 Å². The zero-order valence-corrected chi connectivity index (χ0v) is 8.91. The summed E-state index contributed by atoms with van der Waals surface area (Å²) in [5.74, 6) is 0. The Bertz CT molecular complexity index is 433. The second-order valence-corrected chi connectivity index (χ2v) is 5.59. The topological polar surface area (TPSA) is 46.7 Å². The second-order valence-electron chi connectivity index (χ2n) is 3.57. The Morgan fingerprint density at radius 1 is 1.21 bits per heavy atom. The normalized spacial score (nSPS) is 26.1. The molecule has 4 heteroatoms. The van der Waals surface area contributed by atoms with Gasteiger partial charge in [-0.25, -0.2) is 8.42 Å². The van der Waals surface area contributed by atoms with Gasteiger partial charge in [-0.2, -0.15) is 0 Å². The summed E-state index contributed by atoms with van der Waals surface area (Å²) in [7, 11) is -3.25. The average molecular weight is 212 g/mol. The van der Waals surface area contributed by atoms with E-state index in [1.165, 1.54) is 0 Å². The van der Waals surface area contributed by atoms with Gasteiger partial charge in [-0.1, -0.05) is 17.7 Å². The highest BCUT2D eigenvalue weighted by Crippen LogP contribution is 2.31. The van der Waals surface area contributed by atoms with Crippen molar-refractivity contribution in [1.82, 2.24) is 0 Å². The predicted molar refractivity (Wildman–Crippen MR) is 52.7 cm³/mol. The van der Waals surface area contributed by atoms with Crippen LogP contribution in [-0.4, -0.2) is 20.0 Å². The van der Waals surface area contributed by atoms with Crippen molar-refractivity contribution in [1.29, 1.82) is 0 Å². The van der Waals surface area contributed by atoms with Crippen LogP contribution in [0.15, 0.2) is 29.2 Å². The van der Waals surface area contributed by atoms with Crippen LogP contribution in [0.1, 0.15) is 12.5 Å².